The van der Waals surface area contributed by atoms with Crippen molar-refractivity contribution in [1.82, 2.24) is 14.8 Å². The van der Waals surface area contributed by atoms with E-state index in [0.29, 0.717) is 24.7 Å². The lowest BCUT2D eigenvalue weighted by Crippen LogP contribution is -2.41. The summed E-state index contributed by atoms with van der Waals surface area (Å²) in [4.78, 5) is 18.9. The molecule has 2 fully saturated rings. The maximum absolute atomic E-state index is 13.1. The Bertz CT molecular complexity index is 691. The van der Waals surface area contributed by atoms with Gasteiger partial charge < -0.3 is 19.6 Å². The van der Waals surface area contributed by atoms with Crippen molar-refractivity contribution < 1.29 is 27.8 Å². The Labute approximate surface area is 162 Å². The van der Waals surface area contributed by atoms with E-state index in [1.807, 2.05) is 0 Å². The molecular formula is C19H26F3N3O3. The SMILES string of the molecule is COc1ncc(C(F)(F)F)cc1C1CCN(C2CCCN(C(=O)O)CC2)CC1. The first-order chi connectivity index (χ1) is 13.3. The molecule has 0 bridgehead atoms. The minimum absolute atomic E-state index is 0.0257. The van der Waals surface area contributed by atoms with E-state index < -0.39 is 17.8 Å². The summed E-state index contributed by atoms with van der Waals surface area (Å²) in [6, 6.07) is 1.49. The molecule has 1 atom stereocenters. The number of hydrogen-bond acceptors (Lipinski definition) is 4. The molecule has 1 N–H and O–H groups in total. The van der Waals surface area contributed by atoms with Gasteiger partial charge in [0.15, 0.2) is 0 Å². The van der Waals surface area contributed by atoms with Crippen molar-refractivity contribution in [3.8, 4) is 5.88 Å². The number of carbonyl (C=O) groups is 1. The normalized spacial score (nSPS) is 22.7. The third-order valence-corrected chi connectivity index (χ3v) is 5.85. The number of amides is 1. The number of carboxylic acid groups (broad SMARTS) is 1. The molecule has 0 spiro atoms. The molecule has 0 aliphatic carbocycles. The molecule has 2 saturated heterocycles. The molecule has 0 saturated carbocycles. The van der Waals surface area contributed by atoms with Crippen molar-refractivity contribution in [3.63, 3.8) is 0 Å². The molecule has 1 unspecified atom stereocenters. The van der Waals surface area contributed by atoms with Crippen LogP contribution >= 0.6 is 0 Å². The van der Waals surface area contributed by atoms with Crippen LogP contribution in [-0.2, 0) is 6.18 Å². The van der Waals surface area contributed by atoms with Crippen molar-refractivity contribution in [2.45, 2.75) is 50.2 Å². The lowest BCUT2D eigenvalue weighted by Gasteiger charge is -2.37. The zero-order chi connectivity index (χ0) is 20.3. The summed E-state index contributed by atoms with van der Waals surface area (Å²) in [6.07, 6.45) is -0.431. The summed E-state index contributed by atoms with van der Waals surface area (Å²) in [5.74, 6) is 0.236. The highest BCUT2D eigenvalue weighted by molar-refractivity contribution is 5.64. The van der Waals surface area contributed by atoms with Crippen LogP contribution in [0.15, 0.2) is 12.3 Å². The lowest BCUT2D eigenvalue weighted by molar-refractivity contribution is -0.137. The van der Waals surface area contributed by atoms with E-state index in [0.717, 1.165) is 51.4 Å². The molecule has 1 aromatic heterocycles. The fraction of sp³-hybridized carbons (Fsp3) is 0.684. The third kappa shape index (κ3) is 4.68. The Morgan fingerprint density at radius 1 is 1.18 bits per heavy atom. The predicted octanol–water partition coefficient (Wildman–Crippen LogP) is 3.82. The van der Waals surface area contributed by atoms with Crippen molar-refractivity contribution in [3.05, 3.63) is 23.4 Å². The van der Waals surface area contributed by atoms with E-state index in [1.165, 1.54) is 18.1 Å². The van der Waals surface area contributed by atoms with Gasteiger partial charge in [0, 0.05) is 30.9 Å². The van der Waals surface area contributed by atoms with Crippen LogP contribution < -0.4 is 4.74 Å². The summed E-state index contributed by atoms with van der Waals surface area (Å²) in [7, 11) is 1.42. The highest BCUT2D eigenvalue weighted by Gasteiger charge is 2.34. The fourth-order valence-corrected chi connectivity index (χ4v) is 4.30. The summed E-state index contributed by atoms with van der Waals surface area (Å²) in [6.45, 7) is 2.66. The van der Waals surface area contributed by atoms with Crippen LogP contribution in [0.4, 0.5) is 18.0 Å². The van der Waals surface area contributed by atoms with Gasteiger partial charge in [0.05, 0.1) is 12.7 Å². The van der Waals surface area contributed by atoms with Gasteiger partial charge in [0.1, 0.15) is 0 Å². The monoisotopic (exact) mass is 401 g/mol. The zero-order valence-electron chi connectivity index (χ0n) is 15.9. The largest absolute Gasteiger partial charge is 0.481 e. The topological polar surface area (TPSA) is 65.9 Å². The van der Waals surface area contributed by atoms with Gasteiger partial charge in [-0.2, -0.15) is 13.2 Å². The first-order valence-corrected chi connectivity index (χ1v) is 9.62. The van der Waals surface area contributed by atoms with Crippen molar-refractivity contribution in [2.75, 3.05) is 33.3 Å². The molecular weight excluding hydrogens is 375 g/mol. The van der Waals surface area contributed by atoms with Gasteiger partial charge in [-0.1, -0.05) is 0 Å². The van der Waals surface area contributed by atoms with Crippen molar-refractivity contribution in [2.24, 2.45) is 0 Å². The number of rotatable bonds is 3. The van der Waals surface area contributed by atoms with E-state index in [4.69, 9.17) is 9.84 Å². The Morgan fingerprint density at radius 2 is 1.89 bits per heavy atom. The molecule has 2 aliphatic rings. The average molecular weight is 401 g/mol. The average Bonchev–Trinajstić information content (AvgIpc) is 2.93. The van der Waals surface area contributed by atoms with E-state index in [9.17, 15) is 18.0 Å². The fourth-order valence-electron chi connectivity index (χ4n) is 4.30. The predicted molar refractivity (Wildman–Crippen MR) is 96.6 cm³/mol. The molecule has 0 aromatic carbocycles. The number of alkyl halides is 3. The minimum atomic E-state index is -4.43. The number of ether oxygens (including phenoxy) is 1. The molecule has 3 rings (SSSR count). The highest BCUT2D eigenvalue weighted by Crippen LogP contribution is 2.38. The number of methoxy groups -OCH3 is 1. The number of likely N-dealkylation sites (tertiary alicyclic amines) is 2. The molecule has 1 amide bonds. The lowest BCUT2D eigenvalue weighted by atomic mass is 9.88. The second-order valence-electron chi connectivity index (χ2n) is 7.48. The van der Waals surface area contributed by atoms with Gasteiger partial charge in [0.25, 0.3) is 0 Å². The van der Waals surface area contributed by atoms with Crippen LogP contribution in [0.25, 0.3) is 0 Å². The quantitative estimate of drug-likeness (QED) is 0.834. The molecule has 9 heteroatoms. The Balaban J connectivity index is 1.65. The van der Waals surface area contributed by atoms with Gasteiger partial charge in [-0.05, 0) is 57.2 Å². The number of hydrogen-bond donors (Lipinski definition) is 1. The third-order valence-electron chi connectivity index (χ3n) is 5.85. The van der Waals surface area contributed by atoms with Crippen LogP contribution in [0.3, 0.4) is 0 Å². The number of pyridine rings is 1. The maximum Gasteiger partial charge on any atom is 0.417 e. The molecule has 2 aliphatic heterocycles. The first kappa shape index (κ1) is 20.7. The number of halogens is 3. The van der Waals surface area contributed by atoms with Crippen LogP contribution in [-0.4, -0.2) is 65.3 Å². The summed E-state index contributed by atoms with van der Waals surface area (Å²) < 4.78 is 44.4. The maximum atomic E-state index is 13.1. The van der Waals surface area contributed by atoms with Crippen LogP contribution in [0.5, 0.6) is 5.88 Å². The molecule has 3 heterocycles. The van der Waals surface area contributed by atoms with Crippen LogP contribution in [0, 0.1) is 0 Å². The summed E-state index contributed by atoms with van der Waals surface area (Å²) in [5.41, 5.74) is -0.224. The molecule has 28 heavy (non-hydrogen) atoms. The smallest absolute Gasteiger partial charge is 0.417 e. The Kier molecular flexibility index (Phi) is 6.32. The summed E-state index contributed by atoms with van der Waals surface area (Å²) >= 11 is 0. The second kappa shape index (κ2) is 8.55. The standard InChI is InChI=1S/C19H26F3N3O3/c1-28-17-16(11-14(12-23-17)19(20,21)22)13-4-8-24(9-5-13)15-3-2-7-25(10-6-15)18(26)27/h11-13,15H,2-10H2,1H3,(H,26,27). The molecule has 0 radical (unpaired) electrons. The van der Waals surface area contributed by atoms with E-state index in [-0.39, 0.29) is 11.8 Å². The zero-order valence-corrected chi connectivity index (χ0v) is 15.9. The van der Waals surface area contributed by atoms with Crippen LogP contribution in [0.1, 0.15) is 49.1 Å². The minimum Gasteiger partial charge on any atom is -0.481 e. The van der Waals surface area contributed by atoms with Gasteiger partial charge in [-0.25, -0.2) is 9.78 Å². The van der Waals surface area contributed by atoms with Gasteiger partial charge in [0.2, 0.25) is 5.88 Å². The molecule has 156 valence electrons. The van der Waals surface area contributed by atoms with Crippen molar-refractivity contribution in [1.29, 1.82) is 0 Å². The number of aromatic nitrogens is 1. The van der Waals surface area contributed by atoms with Gasteiger partial charge in [-0.15, -0.1) is 0 Å². The number of piperidine rings is 1. The second-order valence-corrected chi connectivity index (χ2v) is 7.48. The van der Waals surface area contributed by atoms with Gasteiger partial charge in [-0.3, -0.25) is 0 Å². The van der Waals surface area contributed by atoms with Crippen LogP contribution in [0.2, 0.25) is 0 Å². The number of nitrogens with zero attached hydrogens (tertiary/aromatic N) is 3. The first-order valence-electron chi connectivity index (χ1n) is 9.62. The Hall–Kier alpha value is -2.03. The van der Waals surface area contributed by atoms with Crippen molar-refractivity contribution >= 4 is 6.09 Å². The highest BCUT2D eigenvalue weighted by atomic mass is 19.4. The van der Waals surface area contributed by atoms with E-state index in [2.05, 4.69) is 9.88 Å². The Morgan fingerprint density at radius 3 is 2.50 bits per heavy atom. The van der Waals surface area contributed by atoms with E-state index in [1.54, 1.807) is 0 Å². The summed E-state index contributed by atoms with van der Waals surface area (Å²) in [5, 5.41) is 9.16. The molecule has 1 aromatic rings. The van der Waals surface area contributed by atoms with Gasteiger partial charge >= 0.3 is 12.3 Å². The van der Waals surface area contributed by atoms with E-state index >= 15 is 0 Å². The molecule has 6 nitrogen and oxygen atoms in total.